The highest BCUT2D eigenvalue weighted by molar-refractivity contribution is 5.90. The quantitative estimate of drug-likeness (QED) is 0.620. The molecule has 1 rings (SSSR count). The number of nitrogens with one attached hydrogen (secondary N) is 1. The van der Waals surface area contributed by atoms with E-state index in [0.717, 1.165) is 0 Å². The van der Waals surface area contributed by atoms with E-state index in [2.05, 4.69) is 5.32 Å². The summed E-state index contributed by atoms with van der Waals surface area (Å²) in [5, 5.41) is 11.5. The van der Waals surface area contributed by atoms with Gasteiger partial charge in [0.2, 0.25) is 11.8 Å². The third-order valence-corrected chi connectivity index (χ3v) is 2.57. The average Bonchev–Trinajstić information content (AvgIpc) is 2.61. The van der Waals surface area contributed by atoms with E-state index < -0.39 is 6.04 Å². The average molecular weight is 200 g/mol. The highest BCUT2D eigenvalue weighted by atomic mass is 16.3. The molecule has 5 nitrogen and oxygen atoms in total. The van der Waals surface area contributed by atoms with E-state index in [0.29, 0.717) is 12.8 Å². The van der Waals surface area contributed by atoms with Crippen LogP contribution in [0.4, 0.5) is 0 Å². The first-order chi connectivity index (χ1) is 6.56. The van der Waals surface area contributed by atoms with Gasteiger partial charge in [-0.3, -0.25) is 9.59 Å². The van der Waals surface area contributed by atoms with E-state index in [1.165, 1.54) is 4.90 Å². The zero-order valence-corrected chi connectivity index (χ0v) is 8.49. The number of amides is 2. The van der Waals surface area contributed by atoms with Crippen molar-refractivity contribution in [3.8, 4) is 0 Å². The van der Waals surface area contributed by atoms with E-state index >= 15 is 0 Å². The van der Waals surface area contributed by atoms with Crippen molar-refractivity contribution < 1.29 is 14.7 Å². The molecule has 0 radical (unpaired) electrons. The first-order valence-corrected chi connectivity index (χ1v) is 4.73. The van der Waals surface area contributed by atoms with Gasteiger partial charge in [0.1, 0.15) is 6.04 Å². The van der Waals surface area contributed by atoms with Crippen LogP contribution in [0.15, 0.2) is 0 Å². The Morgan fingerprint density at radius 2 is 2.43 bits per heavy atom. The van der Waals surface area contributed by atoms with Crippen molar-refractivity contribution in [2.24, 2.45) is 0 Å². The number of aliphatic hydroxyl groups is 1. The summed E-state index contributed by atoms with van der Waals surface area (Å²) in [6, 6.07) is -0.610. The van der Waals surface area contributed by atoms with Crippen molar-refractivity contribution in [1.29, 1.82) is 0 Å². The summed E-state index contributed by atoms with van der Waals surface area (Å²) in [5.41, 5.74) is 0. The predicted molar refractivity (Wildman–Crippen MR) is 50.5 cm³/mol. The topological polar surface area (TPSA) is 69.6 Å². The SMILES string of the molecule is CC(CO)N(C)C(=O)[C@@H]1CCC(=O)N1. The van der Waals surface area contributed by atoms with Gasteiger partial charge in [0.05, 0.1) is 12.6 Å². The lowest BCUT2D eigenvalue weighted by molar-refractivity contribution is -0.135. The molecule has 0 spiro atoms. The Balaban J connectivity index is 2.52. The van der Waals surface area contributed by atoms with Gasteiger partial charge in [0, 0.05) is 13.5 Å². The van der Waals surface area contributed by atoms with E-state index in [1.54, 1.807) is 14.0 Å². The molecule has 2 atom stereocenters. The van der Waals surface area contributed by atoms with Crippen LogP contribution < -0.4 is 5.32 Å². The summed E-state index contributed by atoms with van der Waals surface area (Å²) in [6.45, 7) is 1.69. The minimum Gasteiger partial charge on any atom is -0.394 e. The molecule has 1 unspecified atom stereocenters. The fraction of sp³-hybridized carbons (Fsp3) is 0.778. The highest BCUT2D eigenvalue weighted by Gasteiger charge is 2.30. The third kappa shape index (κ3) is 2.23. The van der Waals surface area contributed by atoms with E-state index in [4.69, 9.17) is 5.11 Å². The van der Waals surface area contributed by atoms with Gasteiger partial charge in [-0.05, 0) is 13.3 Å². The van der Waals surface area contributed by atoms with Crippen molar-refractivity contribution in [2.75, 3.05) is 13.7 Å². The van der Waals surface area contributed by atoms with Gasteiger partial charge in [0.15, 0.2) is 0 Å². The van der Waals surface area contributed by atoms with Gasteiger partial charge >= 0.3 is 0 Å². The first-order valence-electron chi connectivity index (χ1n) is 4.73. The Bertz CT molecular complexity index is 242. The van der Waals surface area contributed by atoms with Crippen LogP contribution in [-0.2, 0) is 9.59 Å². The second-order valence-electron chi connectivity index (χ2n) is 3.64. The summed E-state index contributed by atoms with van der Waals surface area (Å²) in [5.74, 6) is -0.203. The molecule has 1 heterocycles. The van der Waals surface area contributed by atoms with Crippen LogP contribution in [0.25, 0.3) is 0 Å². The van der Waals surface area contributed by atoms with Crippen molar-refractivity contribution in [3.63, 3.8) is 0 Å². The lowest BCUT2D eigenvalue weighted by Gasteiger charge is -2.25. The second kappa shape index (κ2) is 4.41. The minimum atomic E-state index is -0.401. The minimum absolute atomic E-state index is 0.0666. The fourth-order valence-corrected chi connectivity index (χ4v) is 1.38. The Kier molecular flexibility index (Phi) is 3.46. The number of nitrogens with zero attached hydrogens (tertiary/aromatic N) is 1. The second-order valence-corrected chi connectivity index (χ2v) is 3.64. The number of carbonyl (C=O) groups is 2. The standard InChI is InChI=1S/C9H16N2O3/c1-6(5-12)11(2)9(14)7-3-4-8(13)10-7/h6-7,12H,3-5H2,1-2H3,(H,10,13)/t6?,7-/m0/s1. The first kappa shape index (κ1) is 11.0. The van der Waals surface area contributed by atoms with Gasteiger partial charge in [0.25, 0.3) is 0 Å². The molecule has 0 aliphatic carbocycles. The van der Waals surface area contributed by atoms with Crippen molar-refractivity contribution in [2.45, 2.75) is 31.8 Å². The number of carbonyl (C=O) groups excluding carboxylic acids is 2. The molecule has 1 fully saturated rings. The molecular formula is C9H16N2O3. The fourth-order valence-electron chi connectivity index (χ4n) is 1.38. The lowest BCUT2D eigenvalue weighted by Crippen LogP contribution is -2.47. The molecular weight excluding hydrogens is 184 g/mol. The monoisotopic (exact) mass is 200 g/mol. The van der Waals surface area contributed by atoms with Crippen LogP contribution in [0.5, 0.6) is 0 Å². The molecule has 2 amide bonds. The lowest BCUT2D eigenvalue weighted by atomic mass is 10.2. The van der Waals surface area contributed by atoms with E-state index in [9.17, 15) is 9.59 Å². The molecule has 0 bridgehead atoms. The van der Waals surface area contributed by atoms with Crippen LogP contribution >= 0.6 is 0 Å². The third-order valence-electron chi connectivity index (χ3n) is 2.57. The number of likely N-dealkylation sites (N-methyl/N-ethyl adjacent to an activating group) is 1. The van der Waals surface area contributed by atoms with Gasteiger partial charge in [-0.25, -0.2) is 0 Å². The summed E-state index contributed by atoms with van der Waals surface area (Å²) in [7, 11) is 1.63. The Morgan fingerprint density at radius 1 is 1.79 bits per heavy atom. The molecule has 0 aromatic rings. The molecule has 1 aliphatic rings. The molecule has 14 heavy (non-hydrogen) atoms. The maximum Gasteiger partial charge on any atom is 0.245 e. The van der Waals surface area contributed by atoms with E-state index in [1.807, 2.05) is 0 Å². The van der Waals surface area contributed by atoms with Crippen LogP contribution in [0.3, 0.4) is 0 Å². The van der Waals surface area contributed by atoms with Crippen LogP contribution in [-0.4, -0.2) is 47.6 Å². The molecule has 80 valence electrons. The van der Waals surface area contributed by atoms with Gasteiger partial charge in [-0.2, -0.15) is 0 Å². The van der Waals surface area contributed by atoms with Crippen LogP contribution in [0.1, 0.15) is 19.8 Å². The van der Waals surface area contributed by atoms with Crippen LogP contribution in [0, 0.1) is 0 Å². The maximum atomic E-state index is 11.7. The van der Waals surface area contributed by atoms with Gasteiger partial charge in [-0.15, -0.1) is 0 Å². The zero-order chi connectivity index (χ0) is 10.7. The number of rotatable bonds is 3. The summed E-state index contributed by atoms with van der Waals surface area (Å²) < 4.78 is 0. The number of aliphatic hydroxyl groups excluding tert-OH is 1. The highest BCUT2D eigenvalue weighted by Crippen LogP contribution is 2.10. The molecule has 0 saturated carbocycles. The van der Waals surface area contributed by atoms with Crippen molar-refractivity contribution in [3.05, 3.63) is 0 Å². The number of hydrogen-bond acceptors (Lipinski definition) is 3. The van der Waals surface area contributed by atoms with Crippen molar-refractivity contribution >= 4 is 11.8 Å². The molecule has 2 N–H and O–H groups in total. The normalized spacial score (nSPS) is 23.1. The largest absolute Gasteiger partial charge is 0.394 e. The summed E-state index contributed by atoms with van der Waals surface area (Å²) >= 11 is 0. The summed E-state index contributed by atoms with van der Waals surface area (Å²) in [4.78, 5) is 24.0. The van der Waals surface area contributed by atoms with Gasteiger partial charge in [-0.1, -0.05) is 0 Å². The predicted octanol–water partition coefficient (Wildman–Crippen LogP) is -0.896. The molecule has 1 saturated heterocycles. The van der Waals surface area contributed by atoms with Crippen molar-refractivity contribution in [1.82, 2.24) is 10.2 Å². The molecule has 1 aliphatic heterocycles. The smallest absolute Gasteiger partial charge is 0.245 e. The van der Waals surface area contributed by atoms with Crippen LogP contribution in [0.2, 0.25) is 0 Å². The summed E-state index contributed by atoms with van der Waals surface area (Å²) in [6.07, 6.45) is 0.970. The van der Waals surface area contributed by atoms with Gasteiger partial charge < -0.3 is 15.3 Å². The Labute approximate surface area is 83.1 Å². The molecule has 5 heteroatoms. The Hall–Kier alpha value is -1.10. The van der Waals surface area contributed by atoms with E-state index in [-0.39, 0.29) is 24.5 Å². The Morgan fingerprint density at radius 3 is 2.86 bits per heavy atom. The maximum absolute atomic E-state index is 11.7. The molecule has 0 aromatic heterocycles. The zero-order valence-electron chi connectivity index (χ0n) is 8.49. The molecule has 0 aromatic carbocycles. The number of hydrogen-bond donors (Lipinski definition) is 2.